The summed E-state index contributed by atoms with van der Waals surface area (Å²) in [7, 11) is 1.61. The zero-order valence-electron chi connectivity index (χ0n) is 12.4. The highest BCUT2D eigenvalue weighted by Gasteiger charge is 2.15. The minimum absolute atomic E-state index is 0.0231. The molecule has 1 heterocycles. The molecule has 0 aliphatic rings. The van der Waals surface area contributed by atoms with E-state index in [0.29, 0.717) is 28.7 Å². The number of rotatable bonds is 6. The molecule has 0 saturated heterocycles. The van der Waals surface area contributed by atoms with Crippen molar-refractivity contribution in [3.63, 3.8) is 0 Å². The average Bonchev–Trinajstić information content (AvgIpc) is 2.98. The highest BCUT2D eigenvalue weighted by atomic mass is 35.5. The first-order valence-electron chi connectivity index (χ1n) is 6.87. The van der Waals surface area contributed by atoms with Crippen LogP contribution in [-0.2, 0) is 4.79 Å². The number of carbonyl (C=O) groups is 2. The molecule has 0 atom stereocenters. The molecule has 1 aromatic heterocycles. The number of benzene rings is 1. The Labute approximate surface area is 143 Å². The van der Waals surface area contributed by atoms with Gasteiger partial charge in [-0.25, -0.2) is 4.68 Å². The van der Waals surface area contributed by atoms with E-state index >= 15 is 0 Å². The number of aliphatic carboxylic acids is 1. The van der Waals surface area contributed by atoms with Crippen LogP contribution >= 0.6 is 23.2 Å². The maximum Gasteiger partial charge on any atom is 0.303 e. The van der Waals surface area contributed by atoms with Crippen LogP contribution < -0.4 is 0 Å². The highest BCUT2D eigenvalue weighted by Crippen LogP contribution is 2.24. The Bertz CT molecular complexity index is 731. The van der Waals surface area contributed by atoms with E-state index in [4.69, 9.17) is 28.3 Å². The number of hydrogen-bond acceptors (Lipinski definition) is 3. The number of hydrogen-bond donors (Lipinski definition) is 1. The number of carboxylic acid groups (broad SMARTS) is 1. The molecule has 23 heavy (non-hydrogen) atoms. The van der Waals surface area contributed by atoms with Crippen LogP contribution in [0.5, 0.6) is 0 Å². The SMILES string of the molecule is CN(CCCC(=O)O)C(=O)c1ccn(-c2ccc(Cl)c(Cl)c2)n1. The molecule has 0 radical (unpaired) electrons. The van der Waals surface area contributed by atoms with Gasteiger partial charge in [-0.2, -0.15) is 5.10 Å². The van der Waals surface area contributed by atoms with Crippen molar-refractivity contribution in [3.8, 4) is 5.69 Å². The van der Waals surface area contributed by atoms with Gasteiger partial charge in [-0.05, 0) is 30.7 Å². The molecule has 0 fully saturated rings. The molecule has 2 aromatic rings. The zero-order chi connectivity index (χ0) is 17.0. The monoisotopic (exact) mass is 355 g/mol. The van der Waals surface area contributed by atoms with Crippen LogP contribution in [0.1, 0.15) is 23.3 Å². The molecule has 0 spiro atoms. The van der Waals surface area contributed by atoms with Gasteiger partial charge in [0.1, 0.15) is 0 Å². The Morgan fingerprint density at radius 3 is 2.65 bits per heavy atom. The maximum atomic E-state index is 12.2. The van der Waals surface area contributed by atoms with E-state index < -0.39 is 5.97 Å². The van der Waals surface area contributed by atoms with Gasteiger partial charge in [-0.15, -0.1) is 0 Å². The fourth-order valence-corrected chi connectivity index (χ4v) is 2.27. The van der Waals surface area contributed by atoms with E-state index in [2.05, 4.69) is 5.10 Å². The summed E-state index contributed by atoms with van der Waals surface area (Å²) in [6, 6.07) is 6.65. The number of carboxylic acids is 1. The standard InChI is InChI=1S/C15H15Cl2N3O3/c1-19(7-2-3-14(21)22)15(23)13-6-8-20(18-13)10-4-5-11(16)12(17)9-10/h4-6,8-9H,2-3,7H2,1H3,(H,21,22). The smallest absolute Gasteiger partial charge is 0.303 e. The van der Waals surface area contributed by atoms with Crippen molar-refractivity contribution >= 4 is 35.1 Å². The molecule has 0 aliphatic heterocycles. The van der Waals surface area contributed by atoms with Gasteiger partial charge in [0.05, 0.1) is 15.7 Å². The van der Waals surface area contributed by atoms with Crippen molar-refractivity contribution in [2.45, 2.75) is 12.8 Å². The number of amides is 1. The van der Waals surface area contributed by atoms with Crippen LogP contribution in [0.3, 0.4) is 0 Å². The van der Waals surface area contributed by atoms with E-state index in [1.54, 1.807) is 37.5 Å². The lowest BCUT2D eigenvalue weighted by Gasteiger charge is -2.14. The molecule has 0 aliphatic carbocycles. The van der Waals surface area contributed by atoms with Crippen molar-refractivity contribution in [2.24, 2.45) is 0 Å². The third-order valence-electron chi connectivity index (χ3n) is 3.21. The van der Waals surface area contributed by atoms with Crippen LogP contribution in [-0.4, -0.2) is 45.3 Å². The Kier molecular flexibility index (Phi) is 5.63. The summed E-state index contributed by atoms with van der Waals surface area (Å²) in [6.45, 7) is 0.352. The van der Waals surface area contributed by atoms with Gasteiger partial charge < -0.3 is 10.0 Å². The minimum Gasteiger partial charge on any atom is -0.481 e. The van der Waals surface area contributed by atoms with Gasteiger partial charge in [0, 0.05) is 26.2 Å². The quantitative estimate of drug-likeness (QED) is 0.863. The van der Waals surface area contributed by atoms with E-state index in [1.807, 2.05) is 0 Å². The van der Waals surface area contributed by atoms with Crippen molar-refractivity contribution < 1.29 is 14.7 Å². The number of nitrogens with zero attached hydrogens (tertiary/aromatic N) is 3. The van der Waals surface area contributed by atoms with Gasteiger partial charge in [0.25, 0.3) is 5.91 Å². The molecule has 0 saturated carbocycles. The molecule has 6 nitrogen and oxygen atoms in total. The van der Waals surface area contributed by atoms with Crippen LogP contribution in [0.15, 0.2) is 30.5 Å². The fourth-order valence-electron chi connectivity index (χ4n) is 1.97. The Morgan fingerprint density at radius 1 is 1.26 bits per heavy atom. The molecule has 8 heteroatoms. The molecule has 122 valence electrons. The molecular weight excluding hydrogens is 341 g/mol. The molecule has 0 bridgehead atoms. The summed E-state index contributed by atoms with van der Waals surface area (Å²) < 4.78 is 1.53. The predicted molar refractivity (Wildman–Crippen MR) is 87.4 cm³/mol. The third kappa shape index (κ3) is 4.46. The molecular formula is C15H15Cl2N3O3. The average molecular weight is 356 g/mol. The molecule has 1 aromatic carbocycles. The van der Waals surface area contributed by atoms with Crippen LogP contribution in [0.25, 0.3) is 5.69 Å². The number of halogens is 2. The largest absolute Gasteiger partial charge is 0.481 e. The van der Waals surface area contributed by atoms with Crippen LogP contribution in [0.4, 0.5) is 0 Å². The van der Waals surface area contributed by atoms with Crippen LogP contribution in [0, 0.1) is 0 Å². The molecule has 1 amide bonds. The number of aromatic nitrogens is 2. The Balaban J connectivity index is 2.07. The van der Waals surface area contributed by atoms with Crippen LogP contribution in [0.2, 0.25) is 10.0 Å². The van der Waals surface area contributed by atoms with Gasteiger partial charge in [0.2, 0.25) is 0 Å². The minimum atomic E-state index is -0.880. The van der Waals surface area contributed by atoms with E-state index in [0.717, 1.165) is 0 Å². The Hall–Kier alpha value is -2.05. The van der Waals surface area contributed by atoms with Gasteiger partial charge in [0.15, 0.2) is 5.69 Å². The summed E-state index contributed by atoms with van der Waals surface area (Å²) in [4.78, 5) is 24.2. The molecule has 2 rings (SSSR count). The van der Waals surface area contributed by atoms with Gasteiger partial charge >= 0.3 is 5.97 Å². The highest BCUT2D eigenvalue weighted by molar-refractivity contribution is 6.42. The van der Waals surface area contributed by atoms with Gasteiger partial charge in [-0.1, -0.05) is 23.2 Å². The third-order valence-corrected chi connectivity index (χ3v) is 3.95. The second-order valence-electron chi connectivity index (χ2n) is 4.97. The van der Waals surface area contributed by atoms with Crippen molar-refractivity contribution in [3.05, 3.63) is 46.2 Å². The zero-order valence-corrected chi connectivity index (χ0v) is 13.9. The lowest BCUT2D eigenvalue weighted by molar-refractivity contribution is -0.137. The first kappa shape index (κ1) is 17.3. The summed E-state index contributed by atoms with van der Waals surface area (Å²) in [5, 5.41) is 13.7. The molecule has 0 unspecified atom stereocenters. The first-order valence-corrected chi connectivity index (χ1v) is 7.62. The lowest BCUT2D eigenvalue weighted by atomic mass is 10.3. The van der Waals surface area contributed by atoms with E-state index in [9.17, 15) is 9.59 Å². The van der Waals surface area contributed by atoms with Crippen molar-refractivity contribution in [1.82, 2.24) is 14.7 Å². The maximum absolute atomic E-state index is 12.2. The van der Waals surface area contributed by atoms with Crippen molar-refractivity contribution in [2.75, 3.05) is 13.6 Å². The predicted octanol–water partition coefficient (Wildman–Crippen LogP) is 3.12. The molecule has 1 N–H and O–H groups in total. The Morgan fingerprint density at radius 2 is 2.00 bits per heavy atom. The number of carbonyl (C=O) groups excluding carboxylic acids is 1. The lowest BCUT2D eigenvalue weighted by Crippen LogP contribution is -2.28. The topological polar surface area (TPSA) is 75.4 Å². The van der Waals surface area contributed by atoms with E-state index in [1.165, 1.54) is 9.58 Å². The fraction of sp³-hybridized carbons (Fsp3) is 0.267. The van der Waals surface area contributed by atoms with Gasteiger partial charge in [-0.3, -0.25) is 9.59 Å². The summed E-state index contributed by atoms with van der Waals surface area (Å²) >= 11 is 11.8. The van der Waals surface area contributed by atoms with Crippen molar-refractivity contribution in [1.29, 1.82) is 0 Å². The second kappa shape index (κ2) is 7.48. The summed E-state index contributed by atoms with van der Waals surface area (Å²) in [5.41, 5.74) is 0.959. The first-order chi connectivity index (χ1) is 10.9. The van der Waals surface area contributed by atoms with E-state index in [-0.39, 0.29) is 18.0 Å². The summed E-state index contributed by atoms with van der Waals surface area (Å²) in [5.74, 6) is -1.15. The second-order valence-corrected chi connectivity index (χ2v) is 5.78. The normalized spacial score (nSPS) is 10.6. The summed E-state index contributed by atoms with van der Waals surface area (Å²) in [6.07, 6.45) is 2.07.